The summed E-state index contributed by atoms with van der Waals surface area (Å²) in [4.78, 5) is 28.0. The minimum Gasteiger partial charge on any atom is -0.493 e. The fourth-order valence-electron chi connectivity index (χ4n) is 2.99. The van der Waals surface area contributed by atoms with E-state index < -0.39 is 5.97 Å². The highest BCUT2D eigenvalue weighted by Crippen LogP contribution is 2.30. The largest absolute Gasteiger partial charge is 0.493 e. The van der Waals surface area contributed by atoms with Gasteiger partial charge in [-0.25, -0.2) is 4.79 Å². The van der Waals surface area contributed by atoms with Gasteiger partial charge < -0.3 is 24.5 Å². The molecule has 0 saturated heterocycles. The van der Waals surface area contributed by atoms with Gasteiger partial charge in [-0.15, -0.1) is 0 Å². The third kappa shape index (κ3) is 3.93. The van der Waals surface area contributed by atoms with E-state index in [1.54, 1.807) is 39.3 Å². The van der Waals surface area contributed by atoms with Crippen molar-refractivity contribution in [2.24, 2.45) is 0 Å². The zero-order chi connectivity index (χ0) is 20.1. The molecule has 0 aliphatic carbocycles. The molecule has 0 unspecified atom stereocenters. The monoisotopic (exact) mass is 382 g/mol. The zero-order valence-corrected chi connectivity index (χ0v) is 16.0. The Balaban J connectivity index is 1.86. The van der Waals surface area contributed by atoms with Crippen LogP contribution in [0.5, 0.6) is 11.5 Å². The van der Waals surface area contributed by atoms with Gasteiger partial charge in [0.2, 0.25) is 5.91 Å². The molecule has 0 aliphatic rings. The average Bonchev–Trinajstić information content (AvgIpc) is 3.06. The van der Waals surface area contributed by atoms with E-state index in [1.165, 1.54) is 0 Å². The van der Waals surface area contributed by atoms with E-state index in [1.807, 2.05) is 24.3 Å². The van der Waals surface area contributed by atoms with Crippen LogP contribution in [-0.4, -0.2) is 37.7 Å². The minimum absolute atomic E-state index is 0.113. The van der Waals surface area contributed by atoms with Crippen LogP contribution in [0.25, 0.3) is 10.9 Å². The van der Waals surface area contributed by atoms with Crippen LogP contribution in [0.1, 0.15) is 23.0 Å². The van der Waals surface area contributed by atoms with Crippen molar-refractivity contribution in [3.8, 4) is 11.5 Å². The number of rotatable bonds is 7. The summed E-state index contributed by atoms with van der Waals surface area (Å²) >= 11 is 0. The molecule has 7 nitrogen and oxygen atoms in total. The molecule has 0 saturated carbocycles. The Bertz CT molecular complexity index is 1010. The fourth-order valence-corrected chi connectivity index (χ4v) is 2.99. The first-order chi connectivity index (χ1) is 13.6. The molecule has 0 fully saturated rings. The van der Waals surface area contributed by atoms with E-state index in [0.29, 0.717) is 17.2 Å². The number of para-hydroxylation sites is 1. The second kappa shape index (κ2) is 8.47. The lowest BCUT2D eigenvalue weighted by Crippen LogP contribution is -2.17. The lowest BCUT2D eigenvalue weighted by molar-refractivity contribution is -0.115. The van der Waals surface area contributed by atoms with Gasteiger partial charge in [0.05, 0.1) is 32.9 Å². The number of carbonyl (C=O) groups excluding carboxylic acids is 2. The van der Waals surface area contributed by atoms with Crippen molar-refractivity contribution in [2.45, 2.75) is 13.3 Å². The van der Waals surface area contributed by atoms with Crippen molar-refractivity contribution in [1.82, 2.24) is 4.98 Å². The second-order valence-corrected chi connectivity index (χ2v) is 6.06. The average molecular weight is 382 g/mol. The second-order valence-electron chi connectivity index (χ2n) is 6.06. The number of methoxy groups -OCH3 is 2. The Labute approximate surface area is 162 Å². The Hall–Kier alpha value is -3.48. The van der Waals surface area contributed by atoms with Crippen LogP contribution in [0.15, 0.2) is 42.5 Å². The van der Waals surface area contributed by atoms with E-state index in [-0.39, 0.29) is 24.6 Å². The van der Waals surface area contributed by atoms with Crippen LogP contribution in [0.3, 0.4) is 0 Å². The topological polar surface area (TPSA) is 89.7 Å². The number of hydrogen-bond donors (Lipinski definition) is 2. The standard InChI is InChI=1S/C21H22N2O5/c1-4-28-21(25)20-19(14-7-5-6-8-15(14)22-20)23-18(24)12-13-9-10-16(26-2)17(11-13)27-3/h5-11,22H,4,12H2,1-3H3,(H,23,24). The van der Waals surface area contributed by atoms with E-state index in [2.05, 4.69) is 10.3 Å². The van der Waals surface area contributed by atoms with E-state index in [0.717, 1.165) is 16.5 Å². The van der Waals surface area contributed by atoms with Crippen LogP contribution in [-0.2, 0) is 16.0 Å². The summed E-state index contributed by atoms with van der Waals surface area (Å²) in [6, 6.07) is 12.7. The molecule has 1 amide bonds. The smallest absolute Gasteiger partial charge is 0.356 e. The van der Waals surface area contributed by atoms with Crippen LogP contribution in [0.2, 0.25) is 0 Å². The number of benzene rings is 2. The van der Waals surface area contributed by atoms with Crippen LogP contribution in [0.4, 0.5) is 5.69 Å². The maximum absolute atomic E-state index is 12.7. The predicted molar refractivity (Wildman–Crippen MR) is 106 cm³/mol. The third-order valence-electron chi connectivity index (χ3n) is 4.26. The van der Waals surface area contributed by atoms with Crippen LogP contribution in [0, 0.1) is 0 Å². The van der Waals surface area contributed by atoms with E-state index in [9.17, 15) is 9.59 Å². The quantitative estimate of drug-likeness (QED) is 0.610. The molecular formula is C21H22N2O5. The summed E-state index contributed by atoms with van der Waals surface area (Å²) in [5, 5.41) is 3.59. The summed E-state index contributed by atoms with van der Waals surface area (Å²) in [7, 11) is 3.09. The zero-order valence-electron chi connectivity index (χ0n) is 16.0. The third-order valence-corrected chi connectivity index (χ3v) is 4.26. The summed E-state index contributed by atoms with van der Waals surface area (Å²) in [5.41, 5.74) is 2.14. The maximum Gasteiger partial charge on any atom is 0.356 e. The maximum atomic E-state index is 12.7. The molecule has 3 aromatic rings. The molecule has 2 aromatic carbocycles. The molecule has 0 radical (unpaired) electrons. The van der Waals surface area contributed by atoms with Crippen molar-refractivity contribution in [1.29, 1.82) is 0 Å². The molecule has 28 heavy (non-hydrogen) atoms. The van der Waals surface area contributed by atoms with E-state index >= 15 is 0 Å². The van der Waals surface area contributed by atoms with Crippen LogP contribution < -0.4 is 14.8 Å². The lowest BCUT2D eigenvalue weighted by atomic mass is 10.1. The molecule has 0 aliphatic heterocycles. The number of aromatic amines is 1. The molecule has 3 rings (SSSR count). The number of ether oxygens (including phenoxy) is 3. The molecule has 0 atom stereocenters. The van der Waals surface area contributed by atoms with Gasteiger partial charge in [0.1, 0.15) is 5.69 Å². The Kier molecular flexibility index (Phi) is 5.84. The van der Waals surface area contributed by atoms with Gasteiger partial charge in [-0.1, -0.05) is 24.3 Å². The van der Waals surface area contributed by atoms with Gasteiger partial charge in [0.15, 0.2) is 11.5 Å². The van der Waals surface area contributed by atoms with Crippen molar-refractivity contribution in [3.63, 3.8) is 0 Å². The van der Waals surface area contributed by atoms with Crippen molar-refractivity contribution < 1.29 is 23.8 Å². The number of H-pyrrole nitrogens is 1. The minimum atomic E-state index is -0.514. The first-order valence-electron chi connectivity index (χ1n) is 8.86. The summed E-state index contributed by atoms with van der Waals surface area (Å²) in [6.45, 7) is 1.98. The first kappa shape index (κ1) is 19.3. The van der Waals surface area contributed by atoms with Gasteiger partial charge in [-0.2, -0.15) is 0 Å². The number of esters is 1. The normalized spacial score (nSPS) is 10.5. The Morgan fingerprint density at radius 3 is 2.50 bits per heavy atom. The van der Waals surface area contributed by atoms with Gasteiger partial charge in [0.25, 0.3) is 0 Å². The van der Waals surface area contributed by atoms with Crippen molar-refractivity contribution in [3.05, 3.63) is 53.7 Å². The highest BCUT2D eigenvalue weighted by atomic mass is 16.5. The first-order valence-corrected chi connectivity index (χ1v) is 8.86. The molecule has 1 heterocycles. The number of fused-ring (bicyclic) bond motifs is 1. The molecule has 0 spiro atoms. The SMILES string of the molecule is CCOC(=O)c1[nH]c2ccccc2c1NC(=O)Cc1ccc(OC)c(OC)c1. The summed E-state index contributed by atoms with van der Waals surface area (Å²) in [6.07, 6.45) is 0.113. The number of hydrogen-bond acceptors (Lipinski definition) is 5. The van der Waals surface area contributed by atoms with E-state index in [4.69, 9.17) is 14.2 Å². The van der Waals surface area contributed by atoms with Crippen molar-refractivity contribution in [2.75, 3.05) is 26.1 Å². The van der Waals surface area contributed by atoms with Crippen molar-refractivity contribution >= 4 is 28.5 Å². The molecule has 0 bridgehead atoms. The molecule has 7 heteroatoms. The molecule has 2 N–H and O–H groups in total. The predicted octanol–water partition coefficient (Wildman–Crippen LogP) is 3.54. The molecular weight excluding hydrogens is 360 g/mol. The molecule has 146 valence electrons. The molecule has 1 aromatic heterocycles. The number of carbonyl (C=O) groups is 2. The van der Waals surface area contributed by atoms with Gasteiger partial charge in [0, 0.05) is 10.9 Å². The Morgan fingerprint density at radius 1 is 1.04 bits per heavy atom. The van der Waals surface area contributed by atoms with Gasteiger partial charge in [-0.3, -0.25) is 4.79 Å². The number of anilines is 1. The number of amides is 1. The highest BCUT2D eigenvalue weighted by Gasteiger charge is 2.20. The number of aromatic nitrogens is 1. The Morgan fingerprint density at radius 2 is 1.79 bits per heavy atom. The van der Waals surface area contributed by atoms with Gasteiger partial charge in [-0.05, 0) is 30.7 Å². The summed E-state index contributed by atoms with van der Waals surface area (Å²) < 4.78 is 15.6. The lowest BCUT2D eigenvalue weighted by Gasteiger charge is -2.10. The summed E-state index contributed by atoms with van der Waals surface area (Å²) in [5.74, 6) is 0.364. The fraction of sp³-hybridized carbons (Fsp3) is 0.238. The van der Waals surface area contributed by atoms with Crippen LogP contribution >= 0.6 is 0 Å². The number of nitrogens with one attached hydrogen (secondary N) is 2. The highest BCUT2D eigenvalue weighted by molar-refractivity contribution is 6.11. The van der Waals surface area contributed by atoms with Gasteiger partial charge >= 0.3 is 5.97 Å².